The molecule has 1 fully saturated rings. The van der Waals surface area contributed by atoms with Gasteiger partial charge in [0, 0.05) is 12.6 Å². The number of hydrogen-bond acceptors (Lipinski definition) is 3. The largest absolute Gasteiger partial charge is 0.325 e. The van der Waals surface area contributed by atoms with Crippen LogP contribution in [0.2, 0.25) is 0 Å². The van der Waals surface area contributed by atoms with E-state index in [2.05, 4.69) is 22.9 Å². The Hall–Kier alpha value is -1.03. The van der Waals surface area contributed by atoms with Crippen LogP contribution < -0.4 is 5.32 Å². The van der Waals surface area contributed by atoms with Gasteiger partial charge in [0.05, 0.1) is 11.9 Å². The number of carbonyl (C=O) groups is 1. The molecule has 1 aliphatic rings. The van der Waals surface area contributed by atoms with Crippen LogP contribution in [0.4, 0.5) is 5.69 Å². The zero-order valence-corrected chi connectivity index (χ0v) is 10.3. The molecule has 0 aliphatic heterocycles. The highest BCUT2D eigenvalue weighted by atomic mass is 32.1. The quantitative estimate of drug-likeness (QED) is 0.788. The van der Waals surface area contributed by atoms with Crippen molar-refractivity contribution in [3.63, 3.8) is 0 Å². The third-order valence-corrected chi connectivity index (χ3v) is 3.66. The van der Waals surface area contributed by atoms with E-state index >= 15 is 0 Å². The van der Waals surface area contributed by atoms with Gasteiger partial charge < -0.3 is 5.32 Å². The third kappa shape index (κ3) is 2.76. The van der Waals surface area contributed by atoms with Gasteiger partial charge in [-0.15, -0.1) is 0 Å². The average molecular weight is 236 g/mol. The van der Waals surface area contributed by atoms with Crippen molar-refractivity contribution in [2.75, 3.05) is 11.1 Å². The summed E-state index contributed by atoms with van der Waals surface area (Å²) in [5, 5.41) is 2.88. The Bertz CT molecular complexity index is 402. The molecule has 0 atom stereocenters. The summed E-state index contributed by atoms with van der Waals surface area (Å²) < 4.78 is 0. The number of aromatic nitrogens is 1. The molecule has 1 aromatic rings. The number of nitrogens with one attached hydrogen (secondary N) is 1. The van der Waals surface area contributed by atoms with E-state index in [0.29, 0.717) is 6.42 Å². The fourth-order valence-electron chi connectivity index (χ4n) is 1.74. The number of pyridine rings is 1. The molecule has 16 heavy (non-hydrogen) atoms. The summed E-state index contributed by atoms with van der Waals surface area (Å²) in [6.07, 6.45) is 6.26. The number of aryl methyl sites for hydroxylation is 1. The summed E-state index contributed by atoms with van der Waals surface area (Å²) in [7, 11) is 0. The van der Waals surface area contributed by atoms with Crippen molar-refractivity contribution in [2.24, 2.45) is 5.41 Å². The smallest absolute Gasteiger partial charge is 0.225 e. The minimum absolute atomic E-state index is 0.0685. The zero-order valence-electron chi connectivity index (χ0n) is 9.36. The molecule has 3 nitrogen and oxygen atoms in total. The third-order valence-electron chi connectivity index (χ3n) is 2.99. The molecular formula is C12H16N2OS. The first-order chi connectivity index (χ1) is 7.63. The summed E-state index contributed by atoms with van der Waals surface area (Å²) in [6.45, 7) is 1.96. The summed E-state index contributed by atoms with van der Waals surface area (Å²) in [4.78, 5) is 15.8. The molecule has 1 aliphatic carbocycles. The van der Waals surface area contributed by atoms with Gasteiger partial charge in [-0.05, 0) is 42.6 Å². The van der Waals surface area contributed by atoms with E-state index in [0.717, 1.165) is 29.8 Å². The molecule has 1 saturated carbocycles. The van der Waals surface area contributed by atoms with Crippen LogP contribution in [-0.4, -0.2) is 16.6 Å². The molecule has 4 heteroatoms. The standard InChI is InChI=1S/C12H16N2OS/c1-9-4-10(7-13-6-9)14-11(15)5-12(8-16)2-3-12/h4,6-7,16H,2-3,5,8H2,1H3,(H,14,15). The van der Waals surface area contributed by atoms with E-state index in [4.69, 9.17) is 0 Å². The van der Waals surface area contributed by atoms with Crippen molar-refractivity contribution < 1.29 is 4.79 Å². The molecule has 0 saturated heterocycles. The lowest BCUT2D eigenvalue weighted by Gasteiger charge is -2.11. The second kappa shape index (κ2) is 4.45. The maximum atomic E-state index is 11.8. The topological polar surface area (TPSA) is 42.0 Å². The lowest BCUT2D eigenvalue weighted by molar-refractivity contribution is -0.117. The van der Waals surface area contributed by atoms with Crippen molar-refractivity contribution >= 4 is 24.2 Å². The Morgan fingerprint density at radius 3 is 2.88 bits per heavy atom. The number of hydrogen-bond donors (Lipinski definition) is 2. The fraction of sp³-hybridized carbons (Fsp3) is 0.500. The summed E-state index contributed by atoms with van der Waals surface area (Å²) >= 11 is 4.29. The van der Waals surface area contributed by atoms with Gasteiger partial charge in [0.15, 0.2) is 0 Å². The van der Waals surface area contributed by atoms with Gasteiger partial charge in [-0.3, -0.25) is 9.78 Å². The van der Waals surface area contributed by atoms with Gasteiger partial charge in [0.1, 0.15) is 0 Å². The summed E-state index contributed by atoms with van der Waals surface area (Å²) in [5.41, 5.74) is 2.00. The van der Waals surface area contributed by atoms with Gasteiger partial charge >= 0.3 is 0 Å². The first-order valence-electron chi connectivity index (χ1n) is 5.46. The van der Waals surface area contributed by atoms with Crippen LogP contribution in [0.15, 0.2) is 18.5 Å². The normalized spacial score (nSPS) is 16.9. The SMILES string of the molecule is Cc1cncc(NC(=O)CC2(CS)CC2)c1. The maximum Gasteiger partial charge on any atom is 0.225 e. The van der Waals surface area contributed by atoms with E-state index in [9.17, 15) is 4.79 Å². The molecule has 86 valence electrons. The first kappa shape index (κ1) is 11.5. The molecule has 0 bridgehead atoms. The predicted octanol–water partition coefficient (Wildman–Crippen LogP) is 2.43. The maximum absolute atomic E-state index is 11.8. The number of amides is 1. The fourth-order valence-corrected chi connectivity index (χ4v) is 2.16. The van der Waals surface area contributed by atoms with Crippen LogP contribution in [0.25, 0.3) is 0 Å². The minimum atomic E-state index is 0.0685. The van der Waals surface area contributed by atoms with E-state index in [-0.39, 0.29) is 11.3 Å². The summed E-state index contributed by atoms with van der Waals surface area (Å²) in [6, 6.07) is 1.92. The van der Waals surface area contributed by atoms with Crippen molar-refractivity contribution in [3.8, 4) is 0 Å². The number of nitrogens with zero attached hydrogens (tertiary/aromatic N) is 1. The second-order valence-electron chi connectivity index (χ2n) is 4.63. The minimum Gasteiger partial charge on any atom is -0.325 e. The van der Waals surface area contributed by atoms with E-state index in [1.54, 1.807) is 12.4 Å². The molecule has 1 aromatic heterocycles. The molecule has 0 unspecified atom stereocenters. The van der Waals surface area contributed by atoms with Gasteiger partial charge in [-0.1, -0.05) is 0 Å². The second-order valence-corrected chi connectivity index (χ2v) is 4.95. The first-order valence-corrected chi connectivity index (χ1v) is 6.09. The van der Waals surface area contributed by atoms with Gasteiger partial charge in [0.25, 0.3) is 0 Å². The van der Waals surface area contributed by atoms with Crippen LogP contribution in [0.5, 0.6) is 0 Å². The molecule has 0 aromatic carbocycles. The highest BCUT2D eigenvalue weighted by molar-refractivity contribution is 7.80. The Morgan fingerprint density at radius 2 is 2.31 bits per heavy atom. The zero-order chi connectivity index (χ0) is 11.6. The van der Waals surface area contributed by atoms with Crippen molar-refractivity contribution in [1.29, 1.82) is 0 Å². The molecule has 1 N–H and O–H groups in total. The molecule has 0 radical (unpaired) electrons. The highest BCUT2D eigenvalue weighted by Crippen LogP contribution is 2.49. The molecule has 1 heterocycles. The van der Waals surface area contributed by atoms with Crippen LogP contribution in [-0.2, 0) is 4.79 Å². The van der Waals surface area contributed by atoms with Gasteiger partial charge in [-0.25, -0.2) is 0 Å². The van der Waals surface area contributed by atoms with Crippen LogP contribution in [0, 0.1) is 12.3 Å². The number of rotatable bonds is 4. The van der Waals surface area contributed by atoms with Crippen LogP contribution in [0.3, 0.4) is 0 Å². The summed E-state index contributed by atoms with van der Waals surface area (Å²) in [5.74, 6) is 0.867. The number of anilines is 1. The van der Waals surface area contributed by atoms with Crippen molar-refractivity contribution in [3.05, 3.63) is 24.0 Å². The molecule has 2 rings (SSSR count). The average Bonchev–Trinajstić information content (AvgIpc) is 2.98. The van der Waals surface area contributed by atoms with Crippen LogP contribution in [0.1, 0.15) is 24.8 Å². The molecule has 0 spiro atoms. The Labute approximate surface area is 101 Å². The monoisotopic (exact) mass is 236 g/mol. The lowest BCUT2D eigenvalue weighted by atomic mass is 10.1. The Balaban J connectivity index is 1.92. The lowest BCUT2D eigenvalue weighted by Crippen LogP contribution is -2.18. The molecule has 1 amide bonds. The van der Waals surface area contributed by atoms with Gasteiger partial charge in [-0.2, -0.15) is 12.6 Å². The molecular weight excluding hydrogens is 220 g/mol. The van der Waals surface area contributed by atoms with Crippen LogP contribution >= 0.6 is 12.6 Å². The van der Waals surface area contributed by atoms with Crippen molar-refractivity contribution in [1.82, 2.24) is 4.98 Å². The van der Waals surface area contributed by atoms with Gasteiger partial charge in [0.2, 0.25) is 5.91 Å². The Morgan fingerprint density at radius 1 is 1.56 bits per heavy atom. The number of carbonyl (C=O) groups excluding carboxylic acids is 1. The van der Waals surface area contributed by atoms with E-state index in [1.807, 2.05) is 13.0 Å². The van der Waals surface area contributed by atoms with E-state index < -0.39 is 0 Å². The Kier molecular flexibility index (Phi) is 3.19. The van der Waals surface area contributed by atoms with E-state index in [1.165, 1.54) is 0 Å². The van der Waals surface area contributed by atoms with Crippen molar-refractivity contribution in [2.45, 2.75) is 26.2 Å². The highest BCUT2D eigenvalue weighted by Gasteiger charge is 2.42. The number of thiol groups is 1. The predicted molar refractivity (Wildman–Crippen MR) is 67.7 cm³/mol.